The Kier molecular flexibility index (Phi) is 5.32. The van der Waals surface area contributed by atoms with E-state index < -0.39 is 15.2 Å². The van der Waals surface area contributed by atoms with Crippen LogP contribution < -0.4 is 0 Å². The van der Waals surface area contributed by atoms with Gasteiger partial charge in [-0.2, -0.15) is 0 Å². The molecule has 0 nitrogen and oxygen atoms in total. The average Bonchev–Trinajstić information content (AvgIpc) is 2.28. The summed E-state index contributed by atoms with van der Waals surface area (Å²) in [5.74, 6) is 0. The van der Waals surface area contributed by atoms with Crippen LogP contribution in [0.25, 0.3) is 0 Å². The molecule has 0 amide bonds. The molecule has 19 heavy (non-hydrogen) atoms. The molecule has 1 aromatic rings. The maximum Gasteiger partial charge on any atom is 0.0642 e. The summed E-state index contributed by atoms with van der Waals surface area (Å²) in [4.78, 5) is 1.39. The van der Waals surface area contributed by atoms with Crippen LogP contribution in [0.3, 0.4) is 0 Å². The van der Waals surface area contributed by atoms with Crippen molar-refractivity contribution in [1.29, 1.82) is 0 Å². The van der Waals surface area contributed by atoms with Crippen LogP contribution in [-0.4, -0.2) is 19.6 Å². The molecule has 0 radical (unpaired) electrons. The van der Waals surface area contributed by atoms with E-state index in [2.05, 4.69) is 101 Å². The Morgan fingerprint density at radius 2 is 1.53 bits per heavy atom. The van der Waals surface area contributed by atoms with E-state index in [1.807, 2.05) is 0 Å². The first-order valence-corrected chi connectivity index (χ1v) is 15.3. The first kappa shape index (κ1) is 16.8. The first-order valence-electron chi connectivity index (χ1n) is 7.02. The standard InChI is InChI=1S/C16H28SSi2/c1-8-14-16(2,19(6,7)18(3,4)5)17-15-12-10-9-11-13-15/h8-14H,1-7H3/b14-8-. The maximum atomic E-state index is 2.58. The summed E-state index contributed by atoms with van der Waals surface area (Å²) >= 11 is 2.06. The summed E-state index contributed by atoms with van der Waals surface area (Å²) in [6, 6.07) is 10.9. The van der Waals surface area contributed by atoms with E-state index in [1.165, 1.54) is 4.90 Å². The van der Waals surface area contributed by atoms with Gasteiger partial charge in [-0.05, 0) is 26.0 Å². The Morgan fingerprint density at radius 1 is 1.00 bits per heavy atom. The van der Waals surface area contributed by atoms with Crippen LogP contribution in [0.5, 0.6) is 0 Å². The molecular weight excluding hydrogens is 280 g/mol. The summed E-state index contributed by atoms with van der Waals surface area (Å²) in [5.41, 5.74) is 0. The van der Waals surface area contributed by atoms with Crippen molar-refractivity contribution in [3.8, 4) is 0 Å². The van der Waals surface area contributed by atoms with Crippen molar-refractivity contribution in [2.24, 2.45) is 0 Å². The van der Waals surface area contributed by atoms with Gasteiger partial charge in [-0.25, -0.2) is 0 Å². The van der Waals surface area contributed by atoms with Crippen LogP contribution in [0, 0.1) is 0 Å². The lowest BCUT2D eigenvalue weighted by Crippen LogP contribution is -2.64. The minimum Gasteiger partial charge on any atom is -0.119 e. The fourth-order valence-electron chi connectivity index (χ4n) is 2.17. The van der Waals surface area contributed by atoms with E-state index in [4.69, 9.17) is 0 Å². The molecule has 0 saturated heterocycles. The van der Waals surface area contributed by atoms with E-state index in [-0.39, 0.29) is 4.37 Å². The van der Waals surface area contributed by atoms with Crippen molar-refractivity contribution >= 4 is 26.9 Å². The molecule has 0 aromatic heterocycles. The molecule has 0 fully saturated rings. The molecule has 0 heterocycles. The van der Waals surface area contributed by atoms with Crippen LogP contribution in [0.15, 0.2) is 47.4 Å². The number of rotatable bonds is 5. The third-order valence-electron chi connectivity index (χ3n) is 4.67. The molecule has 1 rings (SSSR count). The van der Waals surface area contributed by atoms with E-state index >= 15 is 0 Å². The lowest BCUT2D eigenvalue weighted by molar-refractivity contribution is 1.07. The van der Waals surface area contributed by atoms with Gasteiger partial charge in [0.1, 0.15) is 0 Å². The largest absolute Gasteiger partial charge is 0.119 e. The lowest BCUT2D eigenvalue weighted by atomic mass is 10.4. The zero-order valence-corrected chi connectivity index (χ0v) is 16.3. The number of hydrogen-bond donors (Lipinski definition) is 0. The number of thioether (sulfide) groups is 1. The van der Waals surface area contributed by atoms with Gasteiger partial charge in [-0.15, -0.1) is 11.8 Å². The normalized spacial score (nSPS) is 16.6. The van der Waals surface area contributed by atoms with Crippen molar-refractivity contribution < 1.29 is 0 Å². The molecule has 0 N–H and O–H groups in total. The van der Waals surface area contributed by atoms with E-state index in [1.54, 1.807) is 0 Å². The van der Waals surface area contributed by atoms with Gasteiger partial charge in [-0.3, -0.25) is 0 Å². The molecule has 106 valence electrons. The fourth-order valence-corrected chi connectivity index (χ4v) is 14.5. The summed E-state index contributed by atoms with van der Waals surface area (Å²) in [6.07, 6.45) is 4.69. The minimum absolute atomic E-state index is 0.271. The summed E-state index contributed by atoms with van der Waals surface area (Å²) in [6.45, 7) is 17.4. The second-order valence-corrected chi connectivity index (χ2v) is 25.8. The second kappa shape index (κ2) is 6.02. The van der Waals surface area contributed by atoms with Crippen molar-refractivity contribution in [1.82, 2.24) is 0 Å². The molecule has 3 heteroatoms. The van der Waals surface area contributed by atoms with Crippen molar-refractivity contribution in [3.63, 3.8) is 0 Å². The highest BCUT2D eigenvalue weighted by Crippen LogP contribution is 2.44. The van der Waals surface area contributed by atoms with Gasteiger partial charge in [-0.1, -0.05) is 63.1 Å². The molecular formula is C16H28SSi2. The Balaban J connectivity index is 3.18. The van der Waals surface area contributed by atoms with Crippen LogP contribution in [0.2, 0.25) is 32.7 Å². The topological polar surface area (TPSA) is 0 Å². The monoisotopic (exact) mass is 308 g/mol. The SMILES string of the molecule is C/C=C\C(C)(Sc1ccccc1)[Si](C)(C)[Si](C)(C)C. The van der Waals surface area contributed by atoms with Crippen LogP contribution in [0.1, 0.15) is 13.8 Å². The van der Waals surface area contributed by atoms with E-state index in [0.717, 1.165) is 0 Å². The number of allylic oxidation sites excluding steroid dienone is 1. The van der Waals surface area contributed by atoms with E-state index in [9.17, 15) is 0 Å². The van der Waals surface area contributed by atoms with Crippen LogP contribution >= 0.6 is 11.8 Å². The molecule has 0 bridgehead atoms. The molecule has 0 spiro atoms. The zero-order valence-electron chi connectivity index (χ0n) is 13.4. The first-order chi connectivity index (χ1) is 8.64. The van der Waals surface area contributed by atoms with Crippen molar-refractivity contribution in [3.05, 3.63) is 42.5 Å². The molecule has 1 aromatic carbocycles. The third kappa shape index (κ3) is 3.64. The average molecular weight is 309 g/mol. The minimum atomic E-state index is -1.35. The lowest BCUT2D eigenvalue weighted by Gasteiger charge is -2.48. The molecule has 0 saturated carbocycles. The molecule has 0 aliphatic carbocycles. The molecule has 0 aliphatic heterocycles. The predicted molar refractivity (Wildman–Crippen MR) is 96.3 cm³/mol. The van der Waals surface area contributed by atoms with Crippen molar-refractivity contribution in [2.45, 2.75) is 55.8 Å². The van der Waals surface area contributed by atoms with Crippen LogP contribution in [0.4, 0.5) is 0 Å². The van der Waals surface area contributed by atoms with Gasteiger partial charge in [0.15, 0.2) is 0 Å². The molecule has 1 atom stereocenters. The number of hydrogen-bond acceptors (Lipinski definition) is 1. The second-order valence-electron chi connectivity index (χ2n) is 6.90. The third-order valence-corrected chi connectivity index (χ3v) is 27.3. The zero-order chi connectivity index (χ0) is 14.7. The Hall–Kier alpha value is -0.256. The highest BCUT2D eigenvalue weighted by molar-refractivity contribution is 8.03. The quantitative estimate of drug-likeness (QED) is 0.377. The molecule has 0 aliphatic rings. The van der Waals surface area contributed by atoms with Gasteiger partial charge in [0.05, 0.1) is 7.59 Å². The summed E-state index contributed by atoms with van der Waals surface area (Å²) in [7, 11) is -2.49. The fraction of sp³-hybridized carbons (Fsp3) is 0.500. The van der Waals surface area contributed by atoms with Gasteiger partial charge >= 0.3 is 0 Å². The summed E-state index contributed by atoms with van der Waals surface area (Å²) < 4.78 is 0.271. The highest BCUT2D eigenvalue weighted by Gasteiger charge is 2.50. The Labute approximate surface area is 125 Å². The summed E-state index contributed by atoms with van der Waals surface area (Å²) in [5, 5.41) is 0. The maximum absolute atomic E-state index is 2.58. The Bertz CT molecular complexity index is 432. The predicted octanol–water partition coefficient (Wildman–Crippen LogP) is 5.78. The van der Waals surface area contributed by atoms with E-state index in [0.29, 0.717) is 0 Å². The Morgan fingerprint density at radius 3 is 1.95 bits per heavy atom. The van der Waals surface area contributed by atoms with Gasteiger partial charge in [0.2, 0.25) is 0 Å². The molecule has 1 unspecified atom stereocenters. The van der Waals surface area contributed by atoms with Gasteiger partial charge in [0.25, 0.3) is 0 Å². The van der Waals surface area contributed by atoms with Gasteiger partial charge < -0.3 is 0 Å². The van der Waals surface area contributed by atoms with Crippen molar-refractivity contribution in [2.75, 3.05) is 0 Å². The van der Waals surface area contributed by atoms with Gasteiger partial charge in [0, 0.05) is 16.9 Å². The highest BCUT2D eigenvalue weighted by atomic mass is 32.2. The number of benzene rings is 1. The smallest absolute Gasteiger partial charge is 0.0642 e. The van der Waals surface area contributed by atoms with Crippen LogP contribution in [-0.2, 0) is 0 Å².